The second-order valence-corrected chi connectivity index (χ2v) is 20.5. The summed E-state index contributed by atoms with van der Waals surface area (Å²) < 4.78 is 115. The molecule has 3 aromatic rings. The van der Waals surface area contributed by atoms with Gasteiger partial charge in [-0.1, -0.05) is 44.7 Å². The van der Waals surface area contributed by atoms with Crippen LogP contribution in [0.2, 0.25) is 0 Å². The Morgan fingerprint density at radius 3 is 1.97 bits per heavy atom. The lowest BCUT2D eigenvalue weighted by molar-refractivity contribution is -0.220. The first kappa shape index (κ1) is 59.2. The standard InChI is InChI=1S/C52H63F7N10O8/c1-50(2,3)43(64-48(73)75-6)46(72)66-68(25-36-37(53)19-32(20-38(36)54)39(60)16-17-61-47(55)56)26-41(70)40(63-45(71)44(65-49(74)76-7)51(4,5)52(57,58)59)18-30-11-8-29(9-12-30)10-13-31-14-15-42(62-22-31)67-23-33-21-34(24-67)69(33)35-27-77-28-35/h8-9,11-12,14-17,19-20,22,33-35,40-41,43-44,47,60-61,70H,18,21,23-28H2,1-7H3,(H,63,71)(H,64,73)(H,65,74)(H,66,72)/b17-16-,60-39?/t33?,34?,40-,41-,43+,44+/m0/s1. The Morgan fingerprint density at radius 2 is 1.45 bits per heavy atom. The van der Waals surface area contributed by atoms with Crippen LogP contribution < -0.4 is 31.6 Å². The van der Waals surface area contributed by atoms with Crippen molar-refractivity contribution in [3.05, 3.63) is 106 Å². The van der Waals surface area contributed by atoms with Crippen molar-refractivity contribution in [2.24, 2.45) is 10.8 Å². The number of piperazine rings is 1. The number of piperidine rings is 1. The summed E-state index contributed by atoms with van der Waals surface area (Å²) in [5.41, 5.74) is -1.71. The number of fused-ring (bicyclic) bond motifs is 2. The van der Waals surface area contributed by atoms with Gasteiger partial charge in [-0.15, -0.1) is 0 Å². The number of aromatic nitrogens is 1. The topological polar surface area (TPSA) is 223 Å². The van der Waals surface area contributed by atoms with E-state index < -0.39 is 108 Å². The number of benzene rings is 2. The number of aliphatic hydroxyl groups is 1. The van der Waals surface area contributed by atoms with Crippen LogP contribution in [0.25, 0.3) is 0 Å². The first-order valence-corrected chi connectivity index (χ1v) is 24.4. The second kappa shape index (κ2) is 25.0. The highest BCUT2D eigenvalue weighted by Gasteiger charge is 2.56. The van der Waals surface area contributed by atoms with Gasteiger partial charge in [-0.2, -0.15) is 22.0 Å². The Hall–Kier alpha value is -7.01. The van der Waals surface area contributed by atoms with E-state index in [4.69, 9.17) is 10.1 Å². The number of halogens is 7. The number of hydrogen-bond acceptors (Lipinski definition) is 14. The highest BCUT2D eigenvalue weighted by atomic mass is 19.4. The van der Waals surface area contributed by atoms with Gasteiger partial charge < -0.3 is 50.9 Å². The Kier molecular flexibility index (Phi) is 19.2. The normalized spacial score (nSPS) is 18.4. The molecule has 418 valence electrons. The monoisotopic (exact) mass is 1090 g/mol. The minimum atomic E-state index is -5.09. The number of nitrogens with zero attached hydrogens (tertiary/aromatic N) is 4. The van der Waals surface area contributed by atoms with Crippen molar-refractivity contribution in [2.45, 2.75) is 109 Å². The maximum atomic E-state index is 15.9. The Bertz CT molecular complexity index is 2660. The van der Waals surface area contributed by atoms with Gasteiger partial charge in [-0.25, -0.2) is 28.4 Å². The van der Waals surface area contributed by atoms with Crippen LogP contribution in [0.3, 0.4) is 0 Å². The third kappa shape index (κ3) is 15.1. The van der Waals surface area contributed by atoms with Gasteiger partial charge in [0, 0.05) is 72.9 Å². The molecule has 5 heterocycles. The number of aliphatic hydroxyl groups excluding tert-OH is 1. The molecule has 7 rings (SSSR count). The van der Waals surface area contributed by atoms with Crippen LogP contribution in [0.5, 0.6) is 0 Å². The zero-order valence-electron chi connectivity index (χ0n) is 43.4. The van der Waals surface area contributed by atoms with E-state index in [1.807, 2.05) is 17.4 Å². The zero-order chi connectivity index (χ0) is 56.6. The van der Waals surface area contributed by atoms with Gasteiger partial charge in [0.2, 0.25) is 5.91 Å². The Morgan fingerprint density at radius 1 is 0.870 bits per heavy atom. The van der Waals surface area contributed by atoms with Crippen LogP contribution in [0.15, 0.2) is 67.0 Å². The summed E-state index contributed by atoms with van der Waals surface area (Å²) in [5.74, 6) is 1.98. The summed E-state index contributed by atoms with van der Waals surface area (Å²) in [6.07, 6.45) is -5.41. The first-order chi connectivity index (χ1) is 36.2. The molecule has 18 nitrogen and oxygen atoms in total. The summed E-state index contributed by atoms with van der Waals surface area (Å²) in [5, 5.41) is 29.4. The highest BCUT2D eigenvalue weighted by Crippen LogP contribution is 2.41. The first-order valence-electron chi connectivity index (χ1n) is 24.4. The van der Waals surface area contributed by atoms with Crippen molar-refractivity contribution in [3.8, 4) is 11.8 Å². The fourth-order valence-electron chi connectivity index (χ4n) is 9.03. The third-order valence-corrected chi connectivity index (χ3v) is 13.6. The molecule has 0 spiro atoms. The molecule has 1 aromatic heterocycles. The van der Waals surface area contributed by atoms with Crippen molar-refractivity contribution >= 4 is 35.5 Å². The SMILES string of the molecule is COC(=O)N[C@H](C(=O)NN(Cc1c(F)cc(C(=N)/C=C\NC(F)F)cc1F)C[C@H](O)[C@H](Cc1ccc(C#Cc2ccc(N3CC4CC(C3)N4C3COC3)nc2)cc1)NC(=O)[C@@H](NC(=O)OC)C(C)(C)C(F)(F)F)C(C)(C)C. The molecule has 4 fully saturated rings. The van der Waals surface area contributed by atoms with Crippen LogP contribution in [0.1, 0.15) is 68.9 Å². The van der Waals surface area contributed by atoms with Gasteiger partial charge in [0.25, 0.3) is 5.91 Å². The second-order valence-electron chi connectivity index (χ2n) is 20.5. The number of hydrazine groups is 1. The fraction of sp³-hybridized carbons (Fsp3) is 0.500. The fourth-order valence-corrected chi connectivity index (χ4v) is 9.03. The molecule has 0 saturated carbocycles. The molecule has 25 heteroatoms. The Labute approximate surface area is 440 Å². The average molecular weight is 1090 g/mol. The number of ether oxygens (including phenoxy) is 3. The lowest BCUT2D eigenvalue weighted by Gasteiger charge is -2.60. The van der Waals surface area contributed by atoms with Crippen molar-refractivity contribution in [2.75, 3.05) is 52.0 Å². The smallest absolute Gasteiger partial charge is 0.407 e. The quantitative estimate of drug-likeness (QED) is 0.0257. The summed E-state index contributed by atoms with van der Waals surface area (Å²) in [6.45, 7) is 4.60. The van der Waals surface area contributed by atoms with E-state index in [0.29, 0.717) is 54.9 Å². The molecule has 2 unspecified atom stereocenters. The highest BCUT2D eigenvalue weighted by molar-refractivity contribution is 6.06. The molecule has 7 N–H and O–H groups in total. The number of amides is 4. The van der Waals surface area contributed by atoms with E-state index in [1.54, 1.807) is 56.6 Å². The van der Waals surface area contributed by atoms with Gasteiger partial charge in [0.1, 0.15) is 29.5 Å². The van der Waals surface area contributed by atoms with Crippen LogP contribution in [0.4, 0.5) is 46.1 Å². The number of hydrogen-bond donors (Lipinski definition) is 7. The molecule has 77 heavy (non-hydrogen) atoms. The van der Waals surface area contributed by atoms with Gasteiger partial charge in [-0.05, 0) is 80.1 Å². The van der Waals surface area contributed by atoms with Crippen molar-refractivity contribution in [1.29, 1.82) is 5.41 Å². The van der Waals surface area contributed by atoms with Crippen LogP contribution >= 0.6 is 0 Å². The molecule has 4 aliphatic heterocycles. The number of methoxy groups -OCH3 is 2. The molecular weight excluding hydrogens is 1030 g/mol. The van der Waals surface area contributed by atoms with Crippen molar-refractivity contribution in [3.63, 3.8) is 0 Å². The number of carbonyl (C=O) groups is 4. The van der Waals surface area contributed by atoms with E-state index in [1.165, 1.54) is 0 Å². The number of pyridine rings is 1. The summed E-state index contributed by atoms with van der Waals surface area (Å²) in [6, 6.07) is 7.68. The van der Waals surface area contributed by atoms with E-state index in [0.717, 1.165) is 76.0 Å². The van der Waals surface area contributed by atoms with Crippen LogP contribution in [0, 0.1) is 39.7 Å². The molecule has 4 amide bonds. The van der Waals surface area contributed by atoms with Gasteiger partial charge in [0.15, 0.2) is 0 Å². The molecule has 4 saturated heterocycles. The Balaban J connectivity index is 1.28. The minimum absolute atomic E-state index is 0.336. The van der Waals surface area contributed by atoms with E-state index in [2.05, 4.69) is 52.2 Å². The molecular formula is C52H63F7N10O8. The molecule has 6 atom stereocenters. The van der Waals surface area contributed by atoms with Crippen molar-refractivity contribution in [1.82, 2.24) is 41.6 Å². The largest absolute Gasteiger partial charge is 0.453 e. The number of anilines is 1. The lowest BCUT2D eigenvalue weighted by atomic mass is 9.82. The number of allylic oxidation sites excluding steroid dienone is 1. The van der Waals surface area contributed by atoms with Crippen LogP contribution in [-0.2, 0) is 36.8 Å². The van der Waals surface area contributed by atoms with Gasteiger partial charge in [0.05, 0.1) is 56.7 Å². The van der Waals surface area contributed by atoms with Gasteiger partial charge in [-0.3, -0.25) is 19.9 Å². The number of rotatable bonds is 20. The number of alkyl carbamates (subject to hydrolysis) is 2. The minimum Gasteiger partial charge on any atom is -0.453 e. The molecule has 0 aliphatic carbocycles. The number of alkyl halides is 5. The predicted molar refractivity (Wildman–Crippen MR) is 267 cm³/mol. The van der Waals surface area contributed by atoms with E-state index in [-0.39, 0.29) is 12.0 Å². The molecule has 2 aromatic carbocycles. The maximum absolute atomic E-state index is 15.9. The maximum Gasteiger partial charge on any atom is 0.407 e. The number of carbonyl (C=O) groups excluding carboxylic acids is 4. The molecule has 4 aliphatic rings. The van der Waals surface area contributed by atoms with E-state index in [9.17, 15) is 46.2 Å². The molecule has 2 bridgehead atoms. The number of nitrogens with one attached hydrogen (secondary N) is 6. The van der Waals surface area contributed by atoms with Crippen LogP contribution in [-0.4, -0.2) is 152 Å². The predicted octanol–water partition coefficient (Wildman–Crippen LogP) is 5.12. The average Bonchev–Trinajstić information content (AvgIpc) is 3.35. The zero-order valence-corrected chi connectivity index (χ0v) is 43.4. The van der Waals surface area contributed by atoms with Crippen molar-refractivity contribution < 1.29 is 69.2 Å². The van der Waals surface area contributed by atoms with Gasteiger partial charge >= 0.3 is 24.9 Å². The molecule has 0 radical (unpaired) electrons. The summed E-state index contributed by atoms with van der Waals surface area (Å²) in [7, 11) is 1.92. The van der Waals surface area contributed by atoms with E-state index >= 15 is 8.78 Å². The third-order valence-electron chi connectivity index (χ3n) is 13.6. The lowest BCUT2D eigenvalue weighted by Crippen LogP contribution is -2.74. The summed E-state index contributed by atoms with van der Waals surface area (Å²) >= 11 is 0. The summed E-state index contributed by atoms with van der Waals surface area (Å²) in [4.78, 5) is 62.4.